The fourth-order valence-electron chi connectivity index (χ4n) is 1.75. The minimum absolute atomic E-state index is 0.0352. The molecule has 0 fully saturated rings. The van der Waals surface area contributed by atoms with Gasteiger partial charge in [0.2, 0.25) is 0 Å². The van der Waals surface area contributed by atoms with Gasteiger partial charge in [0.15, 0.2) is 11.5 Å². The second kappa shape index (κ2) is 6.00. The fourth-order valence-corrected chi connectivity index (χ4v) is 1.75. The van der Waals surface area contributed by atoms with Crippen LogP contribution in [0.1, 0.15) is 16.2 Å². The molecule has 1 aromatic carbocycles. The lowest BCUT2D eigenvalue weighted by atomic mass is 10.2. The molecule has 0 spiro atoms. The van der Waals surface area contributed by atoms with Gasteiger partial charge in [-0.05, 0) is 22.9 Å². The Kier molecular flexibility index (Phi) is 4.14. The first kappa shape index (κ1) is 13.8. The molecule has 8 nitrogen and oxygen atoms in total. The number of hydrogen-bond donors (Lipinski definition) is 1. The van der Waals surface area contributed by atoms with Gasteiger partial charge in [-0.2, -0.15) is 5.21 Å². The van der Waals surface area contributed by atoms with Crippen LogP contribution in [0.25, 0.3) is 0 Å². The quantitative estimate of drug-likeness (QED) is 0.854. The number of amides is 1. The zero-order valence-corrected chi connectivity index (χ0v) is 11.5. The van der Waals surface area contributed by atoms with Crippen LogP contribution in [-0.4, -0.2) is 52.7 Å². The summed E-state index contributed by atoms with van der Waals surface area (Å²) in [7, 11) is 4.80. The maximum Gasteiger partial charge on any atom is 0.295 e. The first-order valence-electron chi connectivity index (χ1n) is 5.85. The first-order chi connectivity index (χ1) is 9.65. The van der Waals surface area contributed by atoms with Gasteiger partial charge < -0.3 is 14.4 Å². The molecule has 106 valence electrons. The molecule has 2 rings (SSSR count). The number of benzene rings is 1. The number of carbonyl (C=O) groups excluding carboxylic acids is 1. The van der Waals surface area contributed by atoms with E-state index in [1.54, 1.807) is 27.3 Å². The van der Waals surface area contributed by atoms with E-state index in [1.165, 1.54) is 4.90 Å². The maximum atomic E-state index is 12.0. The van der Waals surface area contributed by atoms with Gasteiger partial charge in [-0.3, -0.25) is 4.79 Å². The van der Waals surface area contributed by atoms with Crippen molar-refractivity contribution in [3.05, 3.63) is 29.6 Å². The van der Waals surface area contributed by atoms with Crippen LogP contribution >= 0.6 is 0 Å². The predicted molar refractivity (Wildman–Crippen MR) is 69.5 cm³/mol. The number of carbonyl (C=O) groups is 1. The summed E-state index contributed by atoms with van der Waals surface area (Å²) in [6, 6.07) is 5.47. The molecule has 0 radical (unpaired) electrons. The molecule has 0 unspecified atom stereocenters. The van der Waals surface area contributed by atoms with Crippen molar-refractivity contribution in [3.63, 3.8) is 0 Å². The first-order valence-corrected chi connectivity index (χ1v) is 5.85. The highest BCUT2D eigenvalue weighted by atomic mass is 16.5. The van der Waals surface area contributed by atoms with E-state index >= 15 is 0 Å². The minimum atomic E-state index is -0.312. The van der Waals surface area contributed by atoms with Crippen molar-refractivity contribution in [2.24, 2.45) is 0 Å². The van der Waals surface area contributed by atoms with Gasteiger partial charge in [0.1, 0.15) is 0 Å². The molecule has 8 heteroatoms. The van der Waals surface area contributed by atoms with E-state index in [9.17, 15) is 4.79 Å². The van der Waals surface area contributed by atoms with Crippen molar-refractivity contribution in [2.45, 2.75) is 6.54 Å². The summed E-state index contributed by atoms with van der Waals surface area (Å²) in [5, 5.41) is 12.9. The molecule has 1 N–H and O–H groups in total. The van der Waals surface area contributed by atoms with E-state index in [4.69, 9.17) is 9.47 Å². The number of methoxy groups -OCH3 is 2. The van der Waals surface area contributed by atoms with Crippen molar-refractivity contribution >= 4 is 5.91 Å². The van der Waals surface area contributed by atoms with Gasteiger partial charge in [-0.15, -0.1) is 10.2 Å². The molecule has 20 heavy (non-hydrogen) atoms. The summed E-state index contributed by atoms with van der Waals surface area (Å²) in [6.07, 6.45) is 0. The molecule has 0 saturated heterocycles. The van der Waals surface area contributed by atoms with E-state index in [0.29, 0.717) is 18.0 Å². The summed E-state index contributed by atoms with van der Waals surface area (Å²) in [4.78, 5) is 13.5. The monoisotopic (exact) mass is 277 g/mol. The lowest BCUT2D eigenvalue weighted by Crippen LogP contribution is -2.27. The van der Waals surface area contributed by atoms with Crippen LogP contribution in [0.4, 0.5) is 0 Å². The Balaban J connectivity index is 2.11. The zero-order valence-electron chi connectivity index (χ0n) is 11.5. The average molecular weight is 277 g/mol. The normalized spacial score (nSPS) is 10.2. The van der Waals surface area contributed by atoms with Crippen molar-refractivity contribution in [2.75, 3.05) is 21.3 Å². The van der Waals surface area contributed by atoms with Crippen molar-refractivity contribution in [3.8, 4) is 11.5 Å². The van der Waals surface area contributed by atoms with Gasteiger partial charge >= 0.3 is 0 Å². The van der Waals surface area contributed by atoms with E-state index in [-0.39, 0.29) is 11.7 Å². The Hall–Kier alpha value is -2.64. The van der Waals surface area contributed by atoms with Gasteiger partial charge in [0, 0.05) is 13.6 Å². The molecule has 0 aliphatic rings. The molecular formula is C12H15N5O3. The average Bonchev–Trinajstić information content (AvgIpc) is 3.00. The number of H-pyrrole nitrogens is 1. The second-order valence-electron chi connectivity index (χ2n) is 4.09. The van der Waals surface area contributed by atoms with Crippen LogP contribution in [-0.2, 0) is 6.54 Å². The van der Waals surface area contributed by atoms with Crippen LogP contribution in [0.15, 0.2) is 18.2 Å². The third-order valence-electron chi connectivity index (χ3n) is 2.75. The highest BCUT2D eigenvalue weighted by Crippen LogP contribution is 2.27. The molecule has 1 amide bonds. The number of hydrogen-bond acceptors (Lipinski definition) is 6. The Labute approximate surface area is 115 Å². The number of tetrazole rings is 1. The number of nitrogens with zero attached hydrogens (tertiary/aromatic N) is 4. The third kappa shape index (κ3) is 2.85. The standard InChI is InChI=1S/C12H15N5O3/c1-17(12(18)11-13-15-16-14-11)7-8-4-5-9(19-2)10(6-8)20-3/h4-6H,7H2,1-3H3,(H,13,14,15,16). The van der Waals surface area contributed by atoms with E-state index in [2.05, 4.69) is 20.6 Å². The lowest BCUT2D eigenvalue weighted by molar-refractivity contribution is 0.0773. The molecule has 1 heterocycles. The Morgan fingerprint density at radius 2 is 2.05 bits per heavy atom. The Bertz CT molecular complexity index is 585. The molecule has 0 aliphatic heterocycles. The summed E-state index contributed by atoms with van der Waals surface area (Å²) >= 11 is 0. The van der Waals surface area contributed by atoms with Crippen LogP contribution in [0.3, 0.4) is 0 Å². The van der Waals surface area contributed by atoms with Crippen molar-refractivity contribution in [1.29, 1.82) is 0 Å². The van der Waals surface area contributed by atoms with Crippen molar-refractivity contribution < 1.29 is 14.3 Å². The highest BCUT2D eigenvalue weighted by molar-refractivity contribution is 5.89. The number of nitrogens with one attached hydrogen (secondary N) is 1. The van der Waals surface area contributed by atoms with Gasteiger partial charge in [-0.1, -0.05) is 6.07 Å². The Morgan fingerprint density at radius 1 is 1.30 bits per heavy atom. The molecule has 0 aliphatic carbocycles. The third-order valence-corrected chi connectivity index (χ3v) is 2.75. The molecule has 1 aromatic heterocycles. The number of aromatic amines is 1. The van der Waals surface area contributed by atoms with Crippen LogP contribution in [0.2, 0.25) is 0 Å². The van der Waals surface area contributed by atoms with E-state index in [0.717, 1.165) is 5.56 Å². The van der Waals surface area contributed by atoms with Gasteiger partial charge in [-0.25, -0.2) is 0 Å². The molecule has 0 saturated carbocycles. The molecular weight excluding hydrogens is 262 g/mol. The van der Waals surface area contributed by atoms with Gasteiger partial charge in [0.05, 0.1) is 14.2 Å². The maximum absolute atomic E-state index is 12.0. The second-order valence-corrected chi connectivity index (χ2v) is 4.09. The number of ether oxygens (including phenoxy) is 2. The van der Waals surface area contributed by atoms with Gasteiger partial charge in [0.25, 0.3) is 11.7 Å². The largest absolute Gasteiger partial charge is 0.493 e. The molecule has 2 aromatic rings. The predicted octanol–water partition coefficient (Wildman–Crippen LogP) is 0.489. The SMILES string of the molecule is COc1ccc(CN(C)C(=O)c2nn[nH]n2)cc1OC. The summed E-state index contributed by atoms with van der Waals surface area (Å²) in [6.45, 7) is 0.397. The van der Waals surface area contributed by atoms with Crippen LogP contribution < -0.4 is 9.47 Å². The fraction of sp³-hybridized carbons (Fsp3) is 0.333. The van der Waals surface area contributed by atoms with Crippen LogP contribution in [0.5, 0.6) is 11.5 Å². The lowest BCUT2D eigenvalue weighted by Gasteiger charge is -2.16. The van der Waals surface area contributed by atoms with Crippen LogP contribution in [0, 0.1) is 0 Å². The minimum Gasteiger partial charge on any atom is -0.493 e. The topological polar surface area (TPSA) is 93.2 Å². The van der Waals surface area contributed by atoms with E-state index < -0.39 is 0 Å². The summed E-state index contributed by atoms with van der Waals surface area (Å²) in [5.41, 5.74) is 0.905. The van der Waals surface area contributed by atoms with E-state index in [1.807, 2.05) is 12.1 Å². The zero-order chi connectivity index (χ0) is 14.5. The molecule has 0 bridgehead atoms. The smallest absolute Gasteiger partial charge is 0.295 e. The summed E-state index contributed by atoms with van der Waals surface area (Å²) in [5.74, 6) is 0.982. The number of rotatable bonds is 5. The highest BCUT2D eigenvalue weighted by Gasteiger charge is 2.17. The molecule has 0 atom stereocenters. The summed E-state index contributed by atoms with van der Waals surface area (Å²) < 4.78 is 10.4. The Morgan fingerprint density at radius 3 is 2.65 bits per heavy atom. The van der Waals surface area contributed by atoms with Crippen molar-refractivity contribution in [1.82, 2.24) is 25.5 Å². The number of aromatic nitrogens is 4.